The van der Waals surface area contributed by atoms with Crippen LogP contribution in [-0.2, 0) is 25.6 Å². The molecule has 0 spiro atoms. The van der Waals surface area contributed by atoms with Crippen molar-refractivity contribution in [2.24, 2.45) is 5.92 Å². The molecule has 1 aromatic carbocycles. The van der Waals surface area contributed by atoms with Crippen LogP contribution in [0.15, 0.2) is 30.3 Å². The van der Waals surface area contributed by atoms with Crippen LogP contribution in [0.1, 0.15) is 40.2 Å². The number of nitrogens with one attached hydrogen (secondary N) is 1. The molecule has 0 heterocycles. The fraction of sp³-hybridized carbons (Fsp3) is 0.650. The summed E-state index contributed by atoms with van der Waals surface area (Å²) in [5, 5.41) is 3.39. The lowest BCUT2D eigenvalue weighted by molar-refractivity contribution is -0.158. The van der Waals surface area contributed by atoms with E-state index >= 15 is 0 Å². The predicted octanol–water partition coefficient (Wildman–Crippen LogP) is 3.17. The molecule has 5 nitrogen and oxygen atoms in total. The van der Waals surface area contributed by atoms with Gasteiger partial charge in [-0.2, -0.15) is 0 Å². The summed E-state index contributed by atoms with van der Waals surface area (Å²) >= 11 is 0. The van der Waals surface area contributed by atoms with Gasteiger partial charge in [0.05, 0.1) is 19.3 Å². The van der Waals surface area contributed by atoms with E-state index < -0.39 is 6.10 Å². The number of rotatable bonds is 12. The van der Waals surface area contributed by atoms with Crippen LogP contribution in [0, 0.1) is 5.92 Å². The summed E-state index contributed by atoms with van der Waals surface area (Å²) in [6.07, 6.45) is -0.417. The Morgan fingerprint density at radius 2 is 1.64 bits per heavy atom. The van der Waals surface area contributed by atoms with Gasteiger partial charge in [-0.15, -0.1) is 0 Å². The zero-order valence-electron chi connectivity index (χ0n) is 16.2. The third-order valence-electron chi connectivity index (χ3n) is 3.62. The van der Waals surface area contributed by atoms with Crippen LogP contribution in [0.5, 0.6) is 0 Å². The molecule has 0 aliphatic carbocycles. The van der Waals surface area contributed by atoms with Crippen molar-refractivity contribution in [1.29, 1.82) is 0 Å². The number of ether oxygens (including phenoxy) is 3. The molecule has 1 aromatic rings. The maximum absolute atomic E-state index is 12.1. The molecule has 1 N–H and O–H groups in total. The van der Waals surface area contributed by atoms with Crippen LogP contribution >= 0.6 is 0 Å². The number of benzene rings is 1. The summed E-state index contributed by atoms with van der Waals surface area (Å²) in [5.74, 6) is -0.154. The Balaban J connectivity index is 2.37. The van der Waals surface area contributed by atoms with E-state index in [0.717, 1.165) is 12.1 Å². The van der Waals surface area contributed by atoms with Gasteiger partial charge in [0.15, 0.2) is 6.10 Å². The molecule has 0 amide bonds. The Bertz CT molecular complexity index is 464. The predicted molar refractivity (Wildman–Crippen MR) is 99.4 cm³/mol. The lowest BCUT2D eigenvalue weighted by Gasteiger charge is -2.22. The highest BCUT2D eigenvalue weighted by Crippen LogP contribution is 2.07. The number of carbonyl (C=O) groups excluding carboxylic acids is 1. The van der Waals surface area contributed by atoms with Crippen molar-refractivity contribution < 1.29 is 19.0 Å². The van der Waals surface area contributed by atoms with Crippen LogP contribution in [0.3, 0.4) is 0 Å². The van der Waals surface area contributed by atoms with Crippen molar-refractivity contribution in [3.05, 3.63) is 35.9 Å². The Morgan fingerprint density at radius 1 is 1.00 bits per heavy atom. The van der Waals surface area contributed by atoms with E-state index in [1.807, 2.05) is 44.2 Å². The first-order valence-electron chi connectivity index (χ1n) is 9.05. The fourth-order valence-electron chi connectivity index (χ4n) is 2.09. The SMILES string of the molecule is CC(C)NCC(COC(C)C)COC(C)C(=O)OCc1ccccc1. The molecule has 142 valence electrons. The molecule has 2 unspecified atom stereocenters. The molecule has 0 bridgehead atoms. The Morgan fingerprint density at radius 3 is 2.24 bits per heavy atom. The minimum Gasteiger partial charge on any atom is -0.459 e. The molecule has 1 rings (SSSR count). The number of carbonyl (C=O) groups is 1. The number of hydrogen-bond donors (Lipinski definition) is 1. The molecule has 2 atom stereocenters. The fourth-order valence-corrected chi connectivity index (χ4v) is 2.09. The molecule has 25 heavy (non-hydrogen) atoms. The lowest BCUT2D eigenvalue weighted by Crippen LogP contribution is -2.35. The summed E-state index contributed by atoms with van der Waals surface area (Å²) in [4.78, 5) is 12.1. The highest BCUT2D eigenvalue weighted by atomic mass is 16.6. The van der Waals surface area contributed by atoms with Gasteiger partial charge in [0.25, 0.3) is 0 Å². The van der Waals surface area contributed by atoms with E-state index in [4.69, 9.17) is 14.2 Å². The van der Waals surface area contributed by atoms with Crippen LogP contribution < -0.4 is 5.32 Å². The highest BCUT2D eigenvalue weighted by molar-refractivity contribution is 5.74. The molecule has 0 radical (unpaired) electrons. The van der Waals surface area contributed by atoms with E-state index in [9.17, 15) is 4.79 Å². The summed E-state index contributed by atoms with van der Waals surface area (Å²) in [6, 6.07) is 10.0. The Labute approximate surface area is 152 Å². The third-order valence-corrected chi connectivity index (χ3v) is 3.62. The molecule has 0 fully saturated rings. The van der Waals surface area contributed by atoms with Crippen LogP contribution in [0.4, 0.5) is 0 Å². The highest BCUT2D eigenvalue weighted by Gasteiger charge is 2.19. The second-order valence-corrected chi connectivity index (χ2v) is 6.88. The number of hydrogen-bond acceptors (Lipinski definition) is 5. The summed E-state index contributed by atoms with van der Waals surface area (Å²) in [7, 11) is 0. The van der Waals surface area contributed by atoms with Crippen molar-refractivity contribution >= 4 is 5.97 Å². The average molecular weight is 351 g/mol. The second kappa shape index (κ2) is 12.0. The zero-order chi connectivity index (χ0) is 18.7. The van der Waals surface area contributed by atoms with Crippen molar-refractivity contribution in [2.45, 2.75) is 59.5 Å². The van der Waals surface area contributed by atoms with Crippen LogP contribution in [0.2, 0.25) is 0 Å². The van der Waals surface area contributed by atoms with Gasteiger partial charge in [-0.25, -0.2) is 4.79 Å². The first-order valence-corrected chi connectivity index (χ1v) is 9.05. The topological polar surface area (TPSA) is 56.8 Å². The molecular formula is C20H33NO4. The van der Waals surface area contributed by atoms with Gasteiger partial charge in [0, 0.05) is 18.5 Å². The molecule has 0 saturated heterocycles. The van der Waals surface area contributed by atoms with Gasteiger partial charge in [0.1, 0.15) is 6.61 Å². The van der Waals surface area contributed by atoms with Crippen molar-refractivity contribution in [1.82, 2.24) is 5.32 Å². The van der Waals surface area contributed by atoms with E-state index in [-0.39, 0.29) is 24.6 Å². The molecular weight excluding hydrogens is 318 g/mol. The van der Waals surface area contributed by atoms with E-state index in [1.165, 1.54) is 0 Å². The van der Waals surface area contributed by atoms with Crippen molar-refractivity contribution in [2.75, 3.05) is 19.8 Å². The summed E-state index contributed by atoms with van der Waals surface area (Å²) in [5.41, 5.74) is 0.965. The Hall–Kier alpha value is -1.43. The third kappa shape index (κ3) is 10.2. The second-order valence-electron chi connectivity index (χ2n) is 6.88. The average Bonchev–Trinajstić information content (AvgIpc) is 2.59. The van der Waals surface area contributed by atoms with Crippen molar-refractivity contribution in [3.63, 3.8) is 0 Å². The van der Waals surface area contributed by atoms with Gasteiger partial charge in [0.2, 0.25) is 0 Å². The lowest BCUT2D eigenvalue weighted by atomic mass is 10.1. The van der Waals surface area contributed by atoms with E-state index in [1.54, 1.807) is 6.92 Å². The smallest absolute Gasteiger partial charge is 0.335 e. The largest absolute Gasteiger partial charge is 0.459 e. The van der Waals surface area contributed by atoms with Gasteiger partial charge in [-0.3, -0.25) is 0 Å². The van der Waals surface area contributed by atoms with E-state index in [2.05, 4.69) is 19.2 Å². The Kier molecular flexibility index (Phi) is 10.4. The van der Waals surface area contributed by atoms with Gasteiger partial charge in [-0.1, -0.05) is 44.2 Å². The van der Waals surface area contributed by atoms with Gasteiger partial charge in [-0.05, 0) is 26.3 Å². The van der Waals surface area contributed by atoms with Gasteiger partial charge < -0.3 is 19.5 Å². The minimum atomic E-state index is -0.593. The van der Waals surface area contributed by atoms with Gasteiger partial charge >= 0.3 is 5.97 Å². The molecule has 0 aromatic heterocycles. The normalized spacial score (nSPS) is 13.9. The van der Waals surface area contributed by atoms with Crippen LogP contribution in [0.25, 0.3) is 0 Å². The standard InChI is InChI=1S/C20H33NO4/c1-15(2)21-11-19(13-23-16(3)4)14-24-17(5)20(22)25-12-18-9-7-6-8-10-18/h6-10,15-17,19,21H,11-14H2,1-5H3. The monoisotopic (exact) mass is 351 g/mol. The summed E-state index contributed by atoms with van der Waals surface area (Å²) < 4.78 is 16.7. The zero-order valence-corrected chi connectivity index (χ0v) is 16.2. The first-order chi connectivity index (χ1) is 11.9. The molecule has 5 heteroatoms. The van der Waals surface area contributed by atoms with E-state index in [0.29, 0.717) is 19.3 Å². The maximum Gasteiger partial charge on any atom is 0.335 e. The molecule has 0 aliphatic rings. The van der Waals surface area contributed by atoms with Crippen LogP contribution in [-0.4, -0.2) is 44.0 Å². The first kappa shape index (κ1) is 21.6. The summed E-state index contributed by atoms with van der Waals surface area (Å²) in [6.45, 7) is 12.1. The number of esters is 1. The molecule has 0 saturated carbocycles. The molecule has 0 aliphatic heterocycles. The van der Waals surface area contributed by atoms with Crippen molar-refractivity contribution in [3.8, 4) is 0 Å². The quantitative estimate of drug-likeness (QED) is 0.586. The minimum absolute atomic E-state index is 0.176. The maximum atomic E-state index is 12.1.